The molecule has 0 bridgehead atoms. The number of rotatable bonds is 8. The topological polar surface area (TPSA) is 67.6 Å². The zero-order chi connectivity index (χ0) is 16.0. The summed E-state index contributed by atoms with van der Waals surface area (Å²) in [6.45, 7) is 6.58. The predicted octanol–water partition coefficient (Wildman–Crippen LogP) is 1.76. The first-order valence-corrected chi connectivity index (χ1v) is 7.21. The summed E-state index contributed by atoms with van der Waals surface area (Å²) in [5.74, 6) is 0.493. The van der Waals surface area contributed by atoms with Crippen molar-refractivity contribution >= 4 is 11.6 Å². The van der Waals surface area contributed by atoms with Gasteiger partial charge in [0.15, 0.2) is 0 Å². The summed E-state index contributed by atoms with van der Waals surface area (Å²) in [5.41, 5.74) is 5.89. The van der Waals surface area contributed by atoms with Gasteiger partial charge >= 0.3 is 0 Å². The van der Waals surface area contributed by atoms with Gasteiger partial charge in [-0.05, 0) is 39.3 Å². The minimum Gasteiger partial charge on any atom is -0.497 e. The van der Waals surface area contributed by atoms with E-state index >= 15 is 0 Å². The van der Waals surface area contributed by atoms with Gasteiger partial charge in [-0.25, -0.2) is 0 Å². The molecule has 1 unspecified atom stereocenters. The maximum atomic E-state index is 11.7. The first-order valence-electron chi connectivity index (χ1n) is 7.21. The Morgan fingerprint density at radius 2 is 2.14 bits per heavy atom. The van der Waals surface area contributed by atoms with Gasteiger partial charge in [0.25, 0.3) is 0 Å². The molecule has 0 aliphatic heterocycles. The number of hydrogen-bond donors (Lipinski definition) is 2. The van der Waals surface area contributed by atoms with Crippen molar-refractivity contribution in [3.63, 3.8) is 0 Å². The van der Waals surface area contributed by atoms with Crippen molar-refractivity contribution in [3.8, 4) is 5.75 Å². The lowest BCUT2D eigenvalue weighted by molar-refractivity contribution is -0.124. The highest BCUT2D eigenvalue weighted by atomic mass is 16.5. The van der Waals surface area contributed by atoms with Crippen LogP contribution in [0.4, 0.5) is 5.69 Å². The summed E-state index contributed by atoms with van der Waals surface area (Å²) in [7, 11) is 3.64. The van der Waals surface area contributed by atoms with Crippen LogP contribution >= 0.6 is 0 Å². The van der Waals surface area contributed by atoms with Gasteiger partial charge in [0.05, 0.1) is 12.6 Å². The molecule has 0 aliphatic carbocycles. The highest BCUT2D eigenvalue weighted by Gasteiger charge is 2.31. The van der Waals surface area contributed by atoms with Crippen molar-refractivity contribution in [2.45, 2.75) is 38.8 Å². The van der Waals surface area contributed by atoms with Gasteiger partial charge in [-0.1, -0.05) is 6.07 Å². The first-order chi connectivity index (χ1) is 9.78. The quantitative estimate of drug-likeness (QED) is 0.766. The number of carbonyl (C=O) groups excluding carboxylic acids is 1. The van der Waals surface area contributed by atoms with Crippen LogP contribution in [0.3, 0.4) is 0 Å². The number of benzene rings is 1. The third-order valence-electron chi connectivity index (χ3n) is 3.59. The molecule has 0 fully saturated rings. The normalized spacial score (nSPS) is 13.8. The molecule has 0 saturated heterocycles. The second kappa shape index (κ2) is 7.31. The number of methoxy groups -OCH3 is 1. The zero-order valence-corrected chi connectivity index (χ0v) is 13.6. The first kappa shape index (κ1) is 17.3. The molecule has 1 rings (SSSR count). The molecule has 1 aromatic carbocycles. The SMILES string of the molecule is COc1cccc(N(C)CCC(C)(NC(C)C)C(N)=O)c1. The van der Waals surface area contributed by atoms with Crippen molar-refractivity contribution in [2.24, 2.45) is 5.73 Å². The van der Waals surface area contributed by atoms with Crippen LogP contribution in [-0.2, 0) is 4.79 Å². The summed E-state index contributed by atoms with van der Waals surface area (Å²) >= 11 is 0. The molecule has 0 saturated carbocycles. The summed E-state index contributed by atoms with van der Waals surface area (Å²) in [6.07, 6.45) is 0.633. The lowest BCUT2D eigenvalue weighted by atomic mass is 9.95. The van der Waals surface area contributed by atoms with Gasteiger partial charge in [-0.2, -0.15) is 0 Å². The summed E-state index contributed by atoms with van der Waals surface area (Å²) < 4.78 is 5.23. The molecule has 1 amide bonds. The Bertz CT molecular complexity index is 476. The molecule has 1 aromatic rings. The minimum atomic E-state index is -0.707. The van der Waals surface area contributed by atoms with E-state index in [0.29, 0.717) is 13.0 Å². The van der Waals surface area contributed by atoms with Gasteiger partial charge in [0, 0.05) is 31.4 Å². The maximum absolute atomic E-state index is 11.7. The highest BCUT2D eigenvalue weighted by molar-refractivity contribution is 5.84. The highest BCUT2D eigenvalue weighted by Crippen LogP contribution is 2.21. The Labute approximate surface area is 127 Å². The predicted molar refractivity (Wildman–Crippen MR) is 86.8 cm³/mol. The van der Waals surface area contributed by atoms with Crippen LogP contribution in [0.5, 0.6) is 5.75 Å². The molecule has 21 heavy (non-hydrogen) atoms. The van der Waals surface area contributed by atoms with E-state index in [2.05, 4.69) is 10.2 Å². The van der Waals surface area contributed by atoms with Crippen LogP contribution < -0.4 is 20.7 Å². The van der Waals surface area contributed by atoms with E-state index in [1.54, 1.807) is 7.11 Å². The van der Waals surface area contributed by atoms with E-state index in [-0.39, 0.29) is 11.9 Å². The van der Waals surface area contributed by atoms with Crippen LogP contribution in [0.2, 0.25) is 0 Å². The molecule has 5 heteroatoms. The van der Waals surface area contributed by atoms with Crippen molar-refractivity contribution in [1.29, 1.82) is 0 Å². The van der Waals surface area contributed by atoms with Crippen LogP contribution in [0.25, 0.3) is 0 Å². The van der Waals surface area contributed by atoms with Crippen LogP contribution in [0.1, 0.15) is 27.2 Å². The van der Waals surface area contributed by atoms with Crippen LogP contribution in [0, 0.1) is 0 Å². The number of nitrogens with one attached hydrogen (secondary N) is 1. The molecular formula is C16H27N3O2. The van der Waals surface area contributed by atoms with E-state index in [9.17, 15) is 4.79 Å². The van der Waals surface area contributed by atoms with Crippen molar-refractivity contribution in [2.75, 3.05) is 25.6 Å². The van der Waals surface area contributed by atoms with Crippen molar-refractivity contribution < 1.29 is 9.53 Å². The summed E-state index contributed by atoms with van der Waals surface area (Å²) in [4.78, 5) is 13.8. The zero-order valence-electron chi connectivity index (χ0n) is 13.6. The molecule has 0 heterocycles. The Kier molecular flexibility index (Phi) is 6.03. The number of hydrogen-bond acceptors (Lipinski definition) is 4. The van der Waals surface area contributed by atoms with Gasteiger partial charge in [0.2, 0.25) is 5.91 Å². The molecule has 0 radical (unpaired) electrons. The van der Waals surface area contributed by atoms with Crippen LogP contribution in [0.15, 0.2) is 24.3 Å². The number of anilines is 1. The summed E-state index contributed by atoms with van der Waals surface area (Å²) in [6, 6.07) is 8.04. The van der Waals surface area contributed by atoms with Gasteiger partial charge < -0.3 is 20.7 Å². The van der Waals surface area contributed by atoms with Crippen molar-refractivity contribution in [1.82, 2.24) is 5.32 Å². The third-order valence-corrected chi connectivity index (χ3v) is 3.59. The second-order valence-corrected chi connectivity index (χ2v) is 5.87. The fraction of sp³-hybridized carbons (Fsp3) is 0.562. The van der Waals surface area contributed by atoms with Gasteiger partial charge in [-0.3, -0.25) is 4.79 Å². The van der Waals surface area contributed by atoms with E-state index in [1.807, 2.05) is 52.1 Å². The van der Waals surface area contributed by atoms with Gasteiger partial charge in [-0.15, -0.1) is 0 Å². The average Bonchev–Trinajstić information content (AvgIpc) is 2.44. The third kappa shape index (κ3) is 4.93. The molecule has 0 aliphatic rings. The Morgan fingerprint density at radius 1 is 1.48 bits per heavy atom. The fourth-order valence-corrected chi connectivity index (χ4v) is 2.27. The lowest BCUT2D eigenvalue weighted by Crippen LogP contribution is -2.56. The molecule has 118 valence electrons. The lowest BCUT2D eigenvalue weighted by Gasteiger charge is -2.32. The number of primary amides is 1. The second-order valence-electron chi connectivity index (χ2n) is 5.87. The molecule has 1 atom stereocenters. The molecular weight excluding hydrogens is 266 g/mol. The summed E-state index contributed by atoms with van der Waals surface area (Å²) in [5, 5.41) is 3.26. The number of nitrogens with two attached hydrogens (primary N) is 1. The smallest absolute Gasteiger partial charge is 0.237 e. The van der Waals surface area contributed by atoms with E-state index in [4.69, 9.17) is 10.5 Å². The number of amides is 1. The van der Waals surface area contributed by atoms with E-state index < -0.39 is 5.54 Å². The molecule has 3 N–H and O–H groups in total. The number of nitrogens with zero attached hydrogens (tertiary/aromatic N) is 1. The van der Waals surface area contributed by atoms with Crippen LogP contribution in [-0.4, -0.2) is 38.2 Å². The number of ether oxygens (including phenoxy) is 1. The molecule has 5 nitrogen and oxygen atoms in total. The fourth-order valence-electron chi connectivity index (χ4n) is 2.27. The Morgan fingerprint density at radius 3 is 2.67 bits per heavy atom. The van der Waals surface area contributed by atoms with E-state index in [1.165, 1.54) is 0 Å². The largest absolute Gasteiger partial charge is 0.497 e. The standard InChI is InChI=1S/C16H27N3O2/c1-12(2)18-16(3,15(17)20)9-10-19(4)13-7-6-8-14(11-13)21-5/h6-8,11-12,18H,9-10H2,1-5H3,(H2,17,20). The monoisotopic (exact) mass is 293 g/mol. The Hall–Kier alpha value is -1.75. The van der Waals surface area contributed by atoms with E-state index in [0.717, 1.165) is 11.4 Å². The average molecular weight is 293 g/mol. The number of carbonyl (C=O) groups is 1. The van der Waals surface area contributed by atoms with Crippen molar-refractivity contribution in [3.05, 3.63) is 24.3 Å². The molecule has 0 aromatic heterocycles. The van der Waals surface area contributed by atoms with Gasteiger partial charge in [0.1, 0.15) is 5.75 Å². The maximum Gasteiger partial charge on any atom is 0.237 e. The Balaban J connectivity index is 2.73. The minimum absolute atomic E-state index is 0.199. The molecule has 0 spiro atoms.